The standard InChI is InChI=1S/C71H124N2O8/c1-3-5-7-9-11-13-15-17-19-21-23-24-25-26-27-28-29-31-33-35-37-39-41-43-45-47-65(73-63-54-50-61(51-55-63)57-67(77)71(81)69(79)59-75)64(72-62-52-48-60(49-53-62)56-66(76)70(80)68(78)58-74)46-44-42-40-38-36-34-32-30-22-20-18-16-14-12-10-8-6-4-2/h44,46,48-55,66-71,74-81H,3-43,45,47,56-59H2,1-2H3. The number of aliphatic hydroxyl groups excluding tert-OH is 8. The van der Waals surface area contributed by atoms with Crippen LogP contribution in [0, 0.1) is 0 Å². The lowest BCUT2D eigenvalue weighted by atomic mass is 10.00. The first-order valence-electron chi connectivity index (χ1n) is 33.9. The molecule has 0 saturated carbocycles. The average molecular weight is 1130 g/mol. The fourth-order valence-electron chi connectivity index (χ4n) is 11.0. The Hall–Kier alpha value is -2.80. The molecule has 81 heavy (non-hydrogen) atoms. The average Bonchev–Trinajstić information content (AvgIpc) is 3.49. The SMILES string of the molecule is CCCCCCCCCCCCCCCCCCC=CC(=Nc1ccc(CC(O)C(O)C(O)CO)cc1)C(CCCCCCCCCCCCCCCCCCCCCCCCCCC)=Nc1ccc(CC(O)C(O)C(O)CO)cc1. The summed E-state index contributed by atoms with van der Waals surface area (Å²) < 4.78 is 0. The molecule has 0 saturated heterocycles. The van der Waals surface area contributed by atoms with Gasteiger partial charge in [-0.1, -0.05) is 295 Å². The predicted molar refractivity (Wildman–Crippen MR) is 344 cm³/mol. The van der Waals surface area contributed by atoms with E-state index >= 15 is 0 Å². The highest BCUT2D eigenvalue weighted by Crippen LogP contribution is 2.23. The van der Waals surface area contributed by atoms with Crippen molar-refractivity contribution in [3.05, 3.63) is 71.8 Å². The molecule has 6 atom stereocenters. The minimum atomic E-state index is -1.47. The highest BCUT2D eigenvalue weighted by Gasteiger charge is 2.25. The van der Waals surface area contributed by atoms with Crippen LogP contribution in [0.3, 0.4) is 0 Å². The monoisotopic (exact) mass is 1130 g/mol. The molecule has 0 aliphatic rings. The fourth-order valence-corrected chi connectivity index (χ4v) is 11.0. The molecule has 10 nitrogen and oxygen atoms in total. The summed E-state index contributed by atoms with van der Waals surface area (Å²) in [6.07, 6.45) is 53.1. The van der Waals surface area contributed by atoms with Gasteiger partial charge in [0, 0.05) is 12.8 Å². The van der Waals surface area contributed by atoms with E-state index in [1.54, 1.807) is 0 Å². The molecule has 0 aromatic heterocycles. The van der Waals surface area contributed by atoms with Gasteiger partial charge in [0.1, 0.15) is 24.4 Å². The van der Waals surface area contributed by atoms with Gasteiger partial charge in [-0.3, -0.25) is 4.99 Å². The van der Waals surface area contributed by atoms with Crippen molar-refractivity contribution >= 4 is 22.8 Å². The smallest absolute Gasteiger partial charge is 0.108 e. The van der Waals surface area contributed by atoms with Gasteiger partial charge in [-0.25, -0.2) is 4.99 Å². The fraction of sp³-hybridized carbons (Fsp3) is 0.775. The van der Waals surface area contributed by atoms with E-state index in [1.807, 2.05) is 48.5 Å². The van der Waals surface area contributed by atoms with Crippen LogP contribution in [0.1, 0.15) is 301 Å². The molecule has 2 aromatic rings. The Morgan fingerprint density at radius 3 is 0.914 bits per heavy atom. The molecule has 466 valence electrons. The third kappa shape index (κ3) is 40.2. The summed E-state index contributed by atoms with van der Waals surface area (Å²) in [6, 6.07) is 15.0. The van der Waals surface area contributed by atoms with Crippen LogP contribution in [-0.4, -0.2) is 102 Å². The van der Waals surface area contributed by atoms with Crippen LogP contribution in [0.5, 0.6) is 0 Å². The molecule has 2 rings (SSSR count). The van der Waals surface area contributed by atoms with E-state index in [0.717, 1.165) is 66.0 Å². The highest BCUT2D eigenvalue weighted by molar-refractivity contribution is 6.47. The Morgan fingerprint density at radius 1 is 0.346 bits per heavy atom. The molecule has 0 fully saturated rings. The van der Waals surface area contributed by atoms with E-state index in [1.165, 1.54) is 244 Å². The number of benzene rings is 2. The molecule has 0 heterocycles. The number of rotatable bonds is 57. The zero-order chi connectivity index (χ0) is 58.6. The zero-order valence-corrected chi connectivity index (χ0v) is 51.9. The molecule has 0 bridgehead atoms. The first-order valence-corrected chi connectivity index (χ1v) is 33.9. The number of aliphatic hydroxyl groups is 8. The van der Waals surface area contributed by atoms with Crippen LogP contribution in [0.4, 0.5) is 11.4 Å². The lowest BCUT2D eigenvalue weighted by Gasteiger charge is -2.21. The molecule has 10 heteroatoms. The van der Waals surface area contributed by atoms with Gasteiger partial charge in [0.2, 0.25) is 0 Å². The number of allylic oxidation sites excluding steroid dienone is 2. The van der Waals surface area contributed by atoms with Gasteiger partial charge in [-0.2, -0.15) is 0 Å². The van der Waals surface area contributed by atoms with Crippen LogP contribution in [0.25, 0.3) is 0 Å². The minimum Gasteiger partial charge on any atom is -0.394 e. The van der Waals surface area contributed by atoms with Crippen LogP contribution in [0.15, 0.2) is 70.7 Å². The Balaban J connectivity index is 2.00. The molecule has 6 unspecified atom stereocenters. The van der Waals surface area contributed by atoms with Gasteiger partial charge >= 0.3 is 0 Å². The normalized spacial score (nSPS) is 14.7. The van der Waals surface area contributed by atoms with E-state index in [-0.39, 0.29) is 12.8 Å². The van der Waals surface area contributed by atoms with Gasteiger partial charge in [0.15, 0.2) is 0 Å². The summed E-state index contributed by atoms with van der Waals surface area (Å²) in [4.78, 5) is 10.4. The highest BCUT2D eigenvalue weighted by atomic mass is 16.4. The third-order valence-electron chi connectivity index (χ3n) is 16.5. The second kappa shape index (κ2) is 52.7. The minimum absolute atomic E-state index is 0.106. The molecule has 0 spiro atoms. The van der Waals surface area contributed by atoms with E-state index in [0.29, 0.717) is 0 Å². The van der Waals surface area contributed by atoms with Crippen molar-refractivity contribution in [1.29, 1.82) is 0 Å². The van der Waals surface area contributed by atoms with Crippen molar-refractivity contribution in [3.8, 4) is 0 Å². The molecular formula is C71H124N2O8. The number of unbranched alkanes of at least 4 members (excludes halogenated alkanes) is 40. The van der Waals surface area contributed by atoms with E-state index in [4.69, 9.17) is 9.98 Å². The van der Waals surface area contributed by atoms with E-state index in [2.05, 4.69) is 26.0 Å². The maximum atomic E-state index is 10.6. The second-order valence-corrected chi connectivity index (χ2v) is 24.1. The van der Waals surface area contributed by atoms with Crippen LogP contribution >= 0.6 is 0 Å². The third-order valence-corrected chi connectivity index (χ3v) is 16.5. The number of hydrogen-bond acceptors (Lipinski definition) is 10. The molecule has 8 N–H and O–H groups in total. The molecular weight excluding hydrogens is 1010 g/mol. The number of aliphatic imine (C=N–C) groups is 2. The largest absolute Gasteiger partial charge is 0.394 e. The summed E-state index contributed by atoms with van der Waals surface area (Å²) in [6.45, 7) is 3.29. The van der Waals surface area contributed by atoms with Crippen molar-refractivity contribution in [2.45, 2.75) is 339 Å². The molecule has 0 radical (unpaired) electrons. The Bertz CT molecular complexity index is 1790. The van der Waals surface area contributed by atoms with E-state index in [9.17, 15) is 40.9 Å². The first-order chi connectivity index (χ1) is 39.6. The lowest BCUT2D eigenvalue weighted by Crippen LogP contribution is -2.40. The van der Waals surface area contributed by atoms with Crippen molar-refractivity contribution < 1.29 is 40.9 Å². The van der Waals surface area contributed by atoms with Crippen molar-refractivity contribution in [2.75, 3.05) is 13.2 Å². The van der Waals surface area contributed by atoms with Crippen LogP contribution in [0.2, 0.25) is 0 Å². The zero-order valence-electron chi connectivity index (χ0n) is 51.9. The topological polar surface area (TPSA) is 187 Å². The van der Waals surface area contributed by atoms with Gasteiger partial charge < -0.3 is 40.9 Å². The quantitative estimate of drug-likeness (QED) is 0.0237. The molecule has 0 aliphatic carbocycles. The van der Waals surface area contributed by atoms with Gasteiger partial charge in [0.25, 0.3) is 0 Å². The predicted octanol–water partition coefficient (Wildman–Crippen LogP) is 17.1. The summed E-state index contributed by atoms with van der Waals surface area (Å²) >= 11 is 0. The number of nitrogens with zero attached hydrogens (tertiary/aromatic N) is 2. The summed E-state index contributed by atoms with van der Waals surface area (Å²) in [5.74, 6) is 0. The Kier molecular flexibility index (Phi) is 48.4. The van der Waals surface area contributed by atoms with Gasteiger partial charge in [-0.15, -0.1) is 0 Å². The van der Waals surface area contributed by atoms with E-state index < -0.39 is 49.8 Å². The lowest BCUT2D eigenvalue weighted by molar-refractivity contribution is -0.0755. The van der Waals surface area contributed by atoms with Crippen LogP contribution < -0.4 is 0 Å². The van der Waals surface area contributed by atoms with Crippen molar-refractivity contribution in [2.24, 2.45) is 9.98 Å². The summed E-state index contributed by atoms with van der Waals surface area (Å²) in [5.41, 5.74) is 4.66. The first kappa shape index (κ1) is 74.3. The summed E-state index contributed by atoms with van der Waals surface area (Å²) in [5, 5.41) is 80.0. The molecule has 2 aromatic carbocycles. The Labute approximate surface area is 495 Å². The second-order valence-electron chi connectivity index (χ2n) is 24.1. The Morgan fingerprint density at radius 2 is 0.617 bits per heavy atom. The van der Waals surface area contributed by atoms with Crippen molar-refractivity contribution in [3.63, 3.8) is 0 Å². The number of hydrogen-bond donors (Lipinski definition) is 8. The van der Waals surface area contributed by atoms with Gasteiger partial charge in [-0.05, 0) is 67.2 Å². The molecule has 0 amide bonds. The van der Waals surface area contributed by atoms with Crippen molar-refractivity contribution in [1.82, 2.24) is 0 Å². The maximum absolute atomic E-state index is 10.6. The molecule has 0 aliphatic heterocycles. The maximum Gasteiger partial charge on any atom is 0.108 e. The van der Waals surface area contributed by atoms with Crippen LogP contribution in [-0.2, 0) is 12.8 Å². The van der Waals surface area contributed by atoms with Gasteiger partial charge in [0.05, 0.1) is 48.2 Å². The summed E-state index contributed by atoms with van der Waals surface area (Å²) in [7, 11) is 0.